The maximum Gasteiger partial charge on any atom is 0.152 e. The van der Waals surface area contributed by atoms with Crippen LogP contribution >= 0.6 is 11.6 Å². The first kappa shape index (κ1) is 9.44. The van der Waals surface area contributed by atoms with E-state index in [4.69, 9.17) is 11.6 Å². The predicted octanol–water partition coefficient (Wildman–Crippen LogP) is 0.984. The van der Waals surface area contributed by atoms with Gasteiger partial charge in [0.15, 0.2) is 5.15 Å². The maximum atomic E-state index is 10.2. The molecule has 1 heterocycles. The van der Waals surface area contributed by atoms with E-state index in [9.17, 15) is 8.76 Å². The van der Waals surface area contributed by atoms with Gasteiger partial charge in [-0.15, -0.1) is 0 Å². The SMILES string of the molecule is O=S([O-])CNc1cccnc1Cl. The summed E-state index contributed by atoms with van der Waals surface area (Å²) in [5.41, 5.74) is 0.517. The molecular formula is C6H6ClN2O2S-. The number of aromatic nitrogens is 1. The van der Waals surface area contributed by atoms with E-state index in [1.165, 1.54) is 6.20 Å². The van der Waals surface area contributed by atoms with Crippen molar-refractivity contribution in [2.24, 2.45) is 0 Å². The average molecular weight is 206 g/mol. The molecule has 0 aromatic carbocycles. The number of rotatable bonds is 3. The largest absolute Gasteiger partial charge is 0.771 e. The summed E-state index contributed by atoms with van der Waals surface area (Å²) >= 11 is 3.51. The van der Waals surface area contributed by atoms with Crippen LogP contribution in [0, 0.1) is 0 Å². The summed E-state index contributed by atoms with van der Waals surface area (Å²) < 4.78 is 20.3. The number of halogens is 1. The lowest BCUT2D eigenvalue weighted by molar-refractivity contribution is 0.539. The van der Waals surface area contributed by atoms with E-state index in [1.54, 1.807) is 12.1 Å². The van der Waals surface area contributed by atoms with Crippen LogP contribution in [0.4, 0.5) is 5.69 Å². The van der Waals surface area contributed by atoms with Gasteiger partial charge in [-0.1, -0.05) is 11.6 Å². The normalized spacial score (nSPS) is 12.5. The molecule has 66 valence electrons. The Hall–Kier alpha value is -0.650. The first-order valence-corrected chi connectivity index (χ1v) is 4.72. The van der Waals surface area contributed by atoms with Crippen molar-refractivity contribution < 1.29 is 8.76 Å². The fraction of sp³-hybridized carbons (Fsp3) is 0.167. The van der Waals surface area contributed by atoms with Gasteiger partial charge in [0.25, 0.3) is 0 Å². The number of pyridine rings is 1. The fourth-order valence-corrected chi connectivity index (χ4v) is 1.11. The molecule has 1 unspecified atom stereocenters. The minimum absolute atomic E-state index is 0.161. The first-order valence-electron chi connectivity index (χ1n) is 3.10. The first-order chi connectivity index (χ1) is 5.70. The molecule has 0 fully saturated rings. The van der Waals surface area contributed by atoms with Crippen LogP contribution in [0.15, 0.2) is 18.3 Å². The smallest absolute Gasteiger partial charge is 0.152 e. The average Bonchev–Trinajstić information content (AvgIpc) is 2.03. The molecule has 6 heteroatoms. The van der Waals surface area contributed by atoms with Gasteiger partial charge in [0.1, 0.15) is 0 Å². The molecule has 1 aromatic rings. The molecule has 1 aromatic heterocycles. The third-order valence-corrected chi connectivity index (χ3v) is 1.82. The van der Waals surface area contributed by atoms with E-state index in [1.807, 2.05) is 0 Å². The molecule has 4 nitrogen and oxygen atoms in total. The van der Waals surface area contributed by atoms with Crippen molar-refractivity contribution in [3.8, 4) is 0 Å². The van der Waals surface area contributed by atoms with Crippen molar-refractivity contribution in [2.45, 2.75) is 0 Å². The van der Waals surface area contributed by atoms with Gasteiger partial charge in [-0.3, -0.25) is 4.21 Å². The molecule has 1 atom stereocenters. The quantitative estimate of drug-likeness (QED) is 0.590. The second-order valence-corrected chi connectivity index (χ2v) is 3.22. The second-order valence-electron chi connectivity index (χ2n) is 1.97. The molecule has 0 aliphatic heterocycles. The van der Waals surface area contributed by atoms with Crippen molar-refractivity contribution >= 4 is 28.4 Å². The summed E-state index contributed by atoms with van der Waals surface area (Å²) in [6.45, 7) is 0. The van der Waals surface area contributed by atoms with Gasteiger partial charge in [-0.25, -0.2) is 4.98 Å². The zero-order valence-corrected chi connectivity index (χ0v) is 7.56. The highest BCUT2D eigenvalue weighted by Gasteiger charge is 1.97. The number of hydrogen-bond donors (Lipinski definition) is 1. The molecule has 0 spiro atoms. The highest BCUT2D eigenvalue weighted by atomic mass is 35.5. The number of hydrogen-bond acceptors (Lipinski definition) is 4. The molecule has 0 bridgehead atoms. The third-order valence-electron chi connectivity index (χ3n) is 1.14. The van der Waals surface area contributed by atoms with Crippen LogP contribution in [0.5, 0.6) is 0 Å². The van der Waals surface area contributed by atoms with E-state index in [0.717, 1.165) is 0 Å². The molecular weight excluding hydrogens is 200 g/mol. The van der Waals surface area contributed by atoms with E-state index >= 15 is 0 Å². The number of nitrogens with one attached hydrogen (secondary N) is 1. The Bertz CT molecular complexity index is 295. The maximum absolute atomic E-state index is 10.2. The van der Waals surface area contributed by atoms with Crippen LogP contribution in [0.1, 0.15) is 0 Å². The van der Waals surface area contributed by atoms with E-state index in [2.05, 4.69) is 10.3 Å². The summed E-state index contributed by atoms with van der Waals surface area (Å²) in [7, 11) is 0. The van der Waals surface area contributed by atoms with Gasteiger partial charge in [0, 0.05) is 6.20 Å². The minimum Gasteiger partial charge on any atom is -0.771 e. The molecule has 0 aliphatic rings. The predicted molar refractivity (Wildman–Crippen MR) is 46.7 cm³/mol. The molecule has 0 saturated carbocycles. The van der Waals surface area contributed by atoms with Gasteiger partial charge in [0.05, 0.1) is 11.6 Å². The lowest BCUT2D eigenvalue weighted by atomic mass is 10.4. The van der Waals surface area contributed by atoms with E-state index < -0.39 is 11.1 Å². The Morgan fingerprint density at radius 2 is 2.50 bits per heavy atom. The Morgan fingerprint density at radius 1 is 1.75 bits per heavy atom. The number of anilines is 1. The van der Waals surface area contributed by atoms with Crippen molar-refractivity contribution in [1.82, 2.24) is 4.98 Å². The summed E-state index contributed by atoms with van der Waals surface area (Å²) in [6.07, 6.45) is 1.53. The summed E-state index contributed by atoms with van der Waals surface area (Å²) in [5, 5.41) is 2.87. The zero-order chi connectivity index (χ0) is 8.97. The monoisotopic (exact) mass is 205 g/mol. The topological polar surface area (TPSA) is 65.0 Å². The van der Waals surface area contributed by atoms with Crippen LogP contribution in [0.25, 0.3) is 0 Å². The molecule has 0 saturated heterocycles. The lowest BCUT2D eigenvalue weighted by Crippen LogP contribution is -2.07. The molecule has 12 heavy (non-hydrogen) atoms. The highest BCUT2D eigenvalue weighted by molar-refractivity contribution is 7.79. The zero-order valence-electron chi connectivity index (χ0n) is 5.99. The van der Waals surface area contributed by atoms with Crippen LogP contribution < -0.4 is 5.32 Å². The van der Waals surface area contributed by atoms with Gasteiger partial charge in [-0.05, 0) is 23.2 Å². The van der Waals surface area contributed by atoms with Crippen LogP contribution in [-0.4, -0.2) is 19.6 Å². The Balaban J connectivity index is 2.63. The second kappa shape index (κ2) is 4.39. The molecule has 1 N–H and O–H groups in total. The van der Waals surface area contributed by atoms with Crippen molar-refractivity contribution in [1.29, 1.82) is 0 Å². The van der Waals surface area contributed by atoms with Crippen LogP contribution in [0.2, 0.25) is 5.15 Å². The fourth-order valence-electron chi connectivity index (χ4n) is 0.655. The third kappa shape index (κ3) is 2.77. The Morgan fingerprint density at radius 3 is 3.08 bits per heavy atom. The van der Waals surface area contributed by atoms with Crippen molar-refractivity contribution in [2.75, 3.05) is 11.2 Å². The van der Waals surface area contributed by atoms with Gasteiger partial charge >= 0.3 is 0 Å². The molecule has 1 rings (SSSR count). The standard InChI is InChI=1S/C6H7ClN2O2S/c7-6-5(2-1-3-8-6)9-4-12(10)11/h1-3,9H,4H2,(H,10,11)/p-1. The summed E-state index contributed by atoms with van der Waals surface area (Å²) in [5.74, 6) is -0.161. The highest BCUT2D eigenvalue weighted by Crippen LogP contribution is 2.16. The Labute approximate surface area is 77.2 Å². The minimum atomic E-state index is -2.12. The summed E-state index contributed by atoms with van der Waals surface area (Å²) in [6, 6.07) is 3.32. The lowest BCUT2D eigenvalue weighted by Gasteiger charge is -2.08. The molecule has 0 radical (unpaired) electrons. The summed E-state index contributed by atoms with van der Waals surface area (Å²) in [4.78, 5) is 3.76. The van der Waals surface area contributed by atoms with Gasteiger partial charge < -0.3 is 9.87 Å². The van der Waals surface area contributed by atoms with Crippen molar-refractivity contribution in [3.63, 3.8) is 0 Å². The van der Waals surface area contributed by atoms with Crippen LogP contribution in [-0.2, 0) is 11.1 Å². The van der Waals surface area contributed by atoms with E-state index in [0.29, 0.717) is 5.69 Å². The van der Waals surface area contributed by atoms with E-state index in [-0.39, 0.29) is 11.0 Å². The Kier molecular flexibility index (Phi) is 3.46. The van der Waals surface area contributed by atoms with Crippen LogP contribution in [0.3, 0.4) is 0 Å². The number of nitrogens with zero attached hydrogens (tertiary/aromatic N) is 1. The molecule has 0 amide bonds. The van der Waals surface area contributed by atoms with Gasteiger partial charge in [0.2, 0.25) is 0 Å². The van der Waals surface area contributed by atoms with Gasteiger partial charge in [-0.2, -0.15) is 0 Å². The molecule has 0 aliphatic carbocycles. The van der Waals surface area contributed by atoms with Crippen molar-refractivity contribution in [3.05, 3.63) is 23.5 Å².